The van der Waals surface area contributed by atoms with E-state index in [4.69, 9.17) is 4.74 Å². The topological polar surface area (TPSA) is 46.8 Å². The molecule has 0 N–H and O–H groups in total. The summed E-state index contributed by atoms with van der Waals surface area (Å²) in [7, 11) is 1.92. The van der Waals surface area contributed by atoms with Crippen LogP contribution in [0.4, 0.5) is 5.82 Å². The van der Waals surface area contributed by atoms with E-state index in [0.717, 1.165) is 11.3 Å². The smallest absolute Gasteiger partial charge is 0.259 e. The van der Waals surface area contributed by atoms with E-state index in [2.05, 4.69) is 11.6 Å². The second-order valence-electron chi connectivity index (χ2n) is 5.48. The van der Waals surface area contributed by atoms with E-state index in [1.165, 1.54) is 4.40 Å². The second-order valence-corrected chi connectivity index (χ2v) is 5.48. The van der Waals surface area contributed by atoms with Crippen LogP contribution in [0.5, 0.6) is 5.75 Å². The van der Waals surface area contributed by atoms with Crippen LogP contribution < -0.4 is 15.2 Å². The third kappa shape index (κ3) is 3.46. The molecule has 0 bridgehead atoms. The molecule has 0 aliphatic heterocycles. The van der Waals surface area contributed by atoms with Gasteiger partial charge in [-0.25, -0.2) is 4.98 Å². The Balaban J connectivity index is 1.78. The van der Waals surface area contributed by atoms with Crippen LogP contribution in [0.2, 0.25) is 0 Å². The highest BCUT2D eigenvalue weighted by Gasteiger charge is 2.07. The number of pyridine rings is 1. The Morgan fingerprint density at radius 2 is 2.04 bits per heavy atom. The van der Waals surface area contributed by atoms with Gasteiger partial charge in [0, 0.05) is 25.9 Å². The van der Waals surface area contributed by atoms with Crippen molar-refractivity contribution >= 4 is 11.5 Å². The minimum atomic E-state index is -0.0874. The highest BCUT2D eigenvalue weighted by molar-refractivity contribution is 5.48. The van der Waals surface area contributed by atoms with Gasteiger partial charge < -0.3 is 9.64 Å². The minimum Gasteiger partial charge on any atom is -0.490 e. The fourth-order valence-corrected chi connectivity index (χ4v) is 2.44. The van der Waals surface area contributed by atoms with E-state index in [1.807, 2.05) is 54.4 Å². The maximum absolute atomic E-state index is 12.2. The maximum Gasteiger partial charge on any atom is 0.259 e. The fraction of sp³-hybridized carbons (Fsp3) is 0.158. The van der Waals surface area contributed by atoms with Crippen LogP contribution in [0.1, 0.15) is 5.56 Å². The van der Waals surface area contributed by atoms with Gasteiger partial charge in [-0.05, 0) is 29.8 Å². The van der Waals surface area contributed by atoms with Crippen molar-refractivity contribution < 1.29 is 4.74 Å². The zero-order chi connectivity index (χ0) is 16.9. The van der Waals surface area contributed by atoms with E-state index in [1.54, 1.807) is 18.3 Å². The van der Waals surface area contributed by atoms with Crippen LogP contribution in [0, 0.1) is 0 Å². The van der Waals surface area contributed by atoms with Crippen molar-refractivity contribution in [1.29, 1.82) is 0 Å². The van der Waals surface area contributed by atoms with Gasteiger partial charge in [0.2, 0.25) is 0 Å². The summed E-state index contributed by atoms with van der Waals surface area (Å²) in [6.07, 6.45) is 3.43. The fourth-order valence-electron chi connectivity index (χ4n) is 2.44. The first-order valence-corrected chi connectivity index (χ1v) is 7.69. The summed E-state index contributed by atoms with van der Waals surface area (Å²) in [5, 5.41) is 0. The number of fused-ring (bicyclic) bond motifs is 1. The first-order chi connectivity index (χ1) is 11.7. The molecule has 0 amide bonds. The van der Waals surface area contributed by atoms with Crippen LogP contribution in [0.25, 0.3) is 5.65 Å². The number of aromatic nitrogens is 2. The van der Waals surface area contributed by atoms with Gasteiger partial charge in [0.15, 0.2) is 0 Å². The average molecular weight is 321 g/mol. The molecule has 0 atom stereocenters. The normalized spacial score (nSPS) is 10.5. The molecule has 0 unspecified atom stereocenters. The maximum atomic E-state index is 12.2. The number of anilines is 1. The highest BCUT2D eigenvalue weighted by atomic mass is 16.5. The van der Waals surface area contributed by atoms with Crippen molar-refractivity contribution in [2.75, 3.05) is 18.6 Å². The molecule has 0 aliphatic carbocycles. The van der Waals surface area contributed by atoms with Crippen molar-refractivity contribution in [2.45, 2.75) is 6.54 Å². The molecule has 3 rings (SSSR count). The standard InChI is InChI=1S/C19H19N3O2/c1-3-12-24-16-9-7-15(8-10-16)14-21(2)18-13-19(23)22-11-5-4-6-17(22)20-18/h3-11,13H,1,12,14H2,2H3. The largest absolute Gasteiger partial charge is 0.490 e. The molecule has 0 aliphatic rings. The number of benzene rings is 1. The third-order valence-corrected chi connectivity index (χ3v) is 3.66. The number of hydrogen-bond acceptors (Lipinski definition) is 4. The van der Waals surface area contributed by atoms with Crippen molar-refractivity contribution in [3.63, 3.8) is 0 Å². The Morgan fingerprint density at radius 1 is 1.25 bits per heavy atom. The zero-order valence-electron chi connectivity index (χ0n) is 13.6. The molecule has 24 heavy (non-hydrogen) atoms. The lowest BCUT2D eigenvalue weighted by Gasteiger charge is -2.18. The highest BCUT2D eigenvalue weighted by Crippen LogP contribution is 2.16. The summed E-state index contributed by atoms with van der Waals surface area (Å²) in [6.45, 7) is 4.77. The third-order valence-electron chi connectivity index (χ3n) is 3.66. The molecule has 2 aromatic heterocycles. The van der Waals surface area contributed by atoms with Gasteiger partial charge in [-0.15, -0.1) is 0 Å². The molecule has 2 heterocycles. The monoisotopic (exact) mass is 321 g/mol. The molecule has 122 valence electrons. The molecule has 0 radical (unpaired) electrons. The molecule has 0 saturated carbocycles. The number of nitrogens with zero attached hydrogens (tertiary/aromatic N) is 3. The van der Waals surface area contributed by atoms with Gasteiger partial charge in [0.1, 0.15) is 23.8 Å². The minimum absolute atomic E-state index is 0.0874. The molecule has 0 spiro atoms. The van der Waals surface area contributed by atoms with Crippen molar-refractivity contribution in [2.24, 2.45) is 0 Å². The summed E-state index contributed by atoms with van der Waals surface area (Å²) in [6, 6.07) is 14.9. The Kier molecular flexibility index (Phi) is 4.61. The van der Waals surface area contributed by atoms with Crippen LogP contribution in [-0.2, 0) is 6.54 Å². The molecular weight excluding hydrogens is 302 g/mol. The lowest BCUT2D eigenvalue weighted by molar-refractivity contribution is 0.363. The predicted octanol–water partition coefficient (Wildman–Crippen LogP) is 2.90. The summed E-state index contributed by atoms with van der Waals surface area (Å²) in [4.78, 5) is 18.7. The number of ether oxygens (including phenoxy) is 1. The number of rotatable bonds is 6. The molecule has 5 heteroatoms. The van der Waals surface area contributed by atoms with Crippen molar-refractivity contribution in [3.8, 4) is 5.75 Å². The van der Waals surface area contributed by atoms with E-state index >= 15 is 0 Å². The first kappa shape index (κ1) is 15.8. The van der Waals surface area contributed by atoms with Crippen LogP contribution in [-0.4, -0.2) is 23.0 Å². The lowest BCUT2D eigenvalue weighted by atomic mass is 10.2. The summed E-state index contributed by atoms with van der Waals surface area (Å²) < 4.78 is 7.01. The Hall–Kier alpha value is -3.08. The molecule has 5 nitrogen and oxygen atoms in total. The van der Waals surface area contributed by atoms with E-state index in [9.17, 15) is 4.79 Å². The van der Waals surface area contributed by atoms with Crippen molar-refractivity contribution in [3.05, 3.63) is 83.3 Å². The van der Waals surface area contributed by atoms with Crippen molar-refractivity contribution in [1.82, 2.24) is 9.38 Å². The van der Waals surface area contributed by atoms with Gasteiger partial charge in [0.05, 0.1) is 0 Å². The van der Waals surface area contributed by atoms with E-state index in [0.29, 0.717) is 24.6 Å². The Bertz CT molecular complexity index is 900. The Labute approximate surface area is 140 Å². The van der Waals surface area contributed by atoms with Gasteiger partial charge in [-0.2, -0.15) is 0 Å². The van der Waals surface area contributed by atoms with E-state index < -0.39 is 0 Å². The van der Waals surface area contributed by atoms with Gasteiger partial charge >= 0.3 is 0 Å². The van der Waals surface area contributed by atoms with Gasteiger partial charge in [0.25, 0.3) is 5.56 Å². The summed E-state index contributed by atoms with van der Waals surface area (Å²) in [5.74, 6) is 1.46. The summed E-state index contributed by atoms with van der Waals surface area (Å²) >= 11 is 0. The zero-order valence-corrected chi connectivity index (χ0v) is 13.6. The van der Waals surface area contributed by atoms with E-state index in [-0.39, 0.29) is 5.56 Å². The Morgan fingerprint density at radius 3 is 2.79 bits per heavy atom. The SMILES string of the molecule is C=CCOc1ccc(CN(C)c2cc(=O)n3ccccc3n2)cc1. The second kappa shape index (κ2) is 7.00. The van der Waals surface area contributed by atoms with Crippen LogP contribution in [0.15, 0.2) is 72.2 Å². The molecule has 3 aromatic rings. The molecule has 0 fully saturated rings. The number of hydrogen-bond donors (Lipinski definition) is 0. The predicted molar refractivity (Wildman–Crippen MR) is 95.7 cm³/mol. The quantitative estimate of drug-likeness (QED) is 0.655. The molecule has 0 saturated heterocycles. The van der Waals surface area contributed by atoms with Crippen LogP contribution >= 0.6 is 0 Å². The first-order valence-electron chi connectivity index (χ1n) is 7.69. The summed E-state index contributed by atoms with van der Waals surface area (Å²) in [5.41, 5.74) is 1.66. The molecular formula is C19H19N3O2. The van der Waals surface area contributed by atoms with Gasteiger partial charge in [-0.3, -0.25) is 9.20 Å². The average Bonchev–Trinajstić information content (AvgIpc) is 2.61. The van der Waals surface area contributed by atoms with Gasteiger partial charge in [-0.1, -0.05) is 30.9 Å². The lowest BCUT2D eigenvalue weighted by Crippen LogP contribution is -2.22. The van der Waals surface area contributed by atoms with Crippen LogP contribution in [0.3, 0.4) is 0 Å². The molecule has 1 aromatic carbocycles.